The minimum Gasteiger partial charge on any atom is -0.373 e. The first-order valence-electron chi connectivity index (χ1n) is 5.89. The van der Waals surface area contributed by atoms with Crippen molar-refractivity contribution in [3.05, 3.63) is 23.1 Å². The van der Waals surface area contributed by atoms with Crippen molar-refractivity contribution >= 4 is 23.0 Å². The van der Waals surface area contributed by atoms with Crippen molar-refractivity contribution in [1.29, 1.82) is 0 Å². The van der Waals surface area contributed by atoms with Crippen LogP contribution in [0.3, 0.4) is 0 Å². The largest absolute Gasteiger partial charge is 0.373 e. The third kappa shape index (κ3) is 2.28. The minimum atomic E-state index is 0.504. The molecule has 1 aromatic heterocycles. The molecular weight excluding hydrogens is 238 g/mol. The second kappa shape index (κ2) is 4.63. The molecular formula is C12H14ClN3O. The molecule has 1 saturated heterocycles. The van der Waals surface area contributed by atoms with Crippen LogP contribution in [0.2, 0.25) is 5.15 Å². The van der Waals surface area contributed by atoms with Crippen LogP contribution in [0.25, 0.3) is 5.57 Å². The van der Waals surface area contributed by atoms with Crippen LogP contribution in [-0.4, -0.2) is 36.3 Å². The second-order valence-corrected chi connectivity index (χ2v) is 4.70. The summed E-state index contributed by atoms with van der Waals surface area (Å²) in [5.74, 6) is 1.64. The summed E-state index contributed by atoms with van der Waals surface area (Å²) in [4.78, 5) is 11.1. The fraction of sp³-hybridized carbons (Fsp3) is 0.500. The normalized spacial score (nSPS) is 19.8. The highest BCUT2D eigenvalue weighted by Gasteiger charge is 2.17. The van der Waals surface area contributed by atoms with Gasteiger partial charge in [-0.15, -0.1) is 0 Å². The number of anilines is 1. The fourth-order valence-electron chi connectivity index (χ4n) is 2.20. The third-order valence-electron chi connectivity index (χ3n) is 3.10. The Bertz CT molecular complexity index is 455. The molecule has 5 heteroatoms. The van der Waals surface area contributed by atoms with E-state index in [0.717, 1.165) is 24.5 Å². The van der Waals surface area contributed by atoms with Gasteiger partial charge in [0.15, 0.2) is 5.82 Å². The van der Waals surface area contributed by atoms with Crippen molar-refractivity contribution in [1.82, 2.24) is 9.97 Å². The van der Waals surface area contributed by atoms with Crippen LogP contribution >= 0.6 is 11.6 Å². The molecule has 1 aromatic rings. The lowest BCUT2D eigenvalue weighted by atomic mass is 10.2. The highest BCUT2D eigenvalue weighted by molar-refractivity contribution is 6.29. The van der Waals surface area contributed by atoms with Crippen LogP contribution in [-0.2, 0) is 4.74 Å². The van der Waals surface area contributed by atoms with Crippen molar-refractivity contribution in [2.45, 2.75) is 12.8 Å². The molecule has 0 atom stereocenters. The van der Waals surface area contributed by atoms with Gasteiger partial charge in [0.25, 0.3) is 0 Å². The lowest BCUT2D eigenvalue weighted by molar-refractivity contribution is 0.216. The smallest absolute Gasteiger partial charge is 0.161 e. The van der Waals surface area contributed by atoms with Crippen molar-refractivity contribution in [3.8, 4) is 0 Å². The number of hydrogen-bond acceptors (Lipinski definition) is 4. The number of halogens is 1. The van der Waals surface area contributed by atoms with E-state index in [4.69, 9.17) is 16.3 Å². The molecule has 3 heterocycles. The second-order valence-electron chi connectivity index (χ2n) is 4.31. The highest BCUT2D eigenvalue weighted by Crippen LogP contribution is 2.24. The number of ether oxygens (including phenoxy) is 1. The Balaban J connectivity index is 1.93. The zero-order chi connectivity index (χ0) is 11.7. The van der Waals surface area contributed by atoms with Gasteiger partial charge in [0, 0.05) is 24.7 Å². The Hall–Kier alpha value is -1.13. The molecule has 0 radical (unpaired) electrons. The molecule has 0 amide bonds. The van der Waals surface area contributed by atoms with Gasteiger partial charge in [-0.1, -0.05) is 11.6 Å². The first kappa shape index (κ1) is 11.0. The molecule has 0 bridgehead atoms. The molecule has 0 unspecified atom stereocenters. The maximum Gasteiger partial charge on any atom is 0.161 e. The van der Waals surface area contributed by atoms with E-state index in [1.165, 1.54) is 12.8 Å². The van der Waals surface area contributed by atoms with Crippen molar-refractivity contribution in [2.24, 2.45) is 0 Å². The zero-order valence-electron chi connectivity index (χ0n) is 9.53. The topological polar surface area (TPSA) is 38.2 Å². The summed E-state index contributed by atoms with van der Waals surface area (Å²) in [5, 5.41) is 0.504. The molecule has 3 rings (SSSR count). The van der Waals surface area contributed by atoms with E-state index in [0.29, 0.717) is 24.2 Å². The quantitative estimate of drug-likeness (QED) is 0.755. The van der Waals surface area contributed by atoms with Gasteiger partial charge in [-0.2, -0.15) is 0 Å². The first-order chi connectivity index (χ1) is 8.33. The molecule has 17 heavy (non-hydrogen) atoms. The van der Waals surface area contributed by atoms with Gasteiger partial charge in [0.1, 0.15) is 11.0 Å². The SMILES string of the molecule is Clc1cc(N2CCCC2)nc(C2=CCOC2)n1. The van der Waals surface area contributed by atoms with Crippen LogP contribution in [0, 0.1) is 0 Å². The van der Waals surface area contributed by atoms with Crippen LogP contribution < -0.4 is 4.90 Å². The van der Waals surface area contributed by atoms with Crippen LogP contribution in [0.15, 0.2) is 12.1 Å². The van der Waals surface area contributed by atoms with E-state index < -0.39 is 0 Å². The van der Waals surface area contributed by atoms with Gasteiger partial charge >= 0.3 is 0 Å². The summed E-state index contributed by atoms with van der Waals surface area (Å²) < 4.78 is 5.29. The van der Waals surface area contributed by atoms with Crippen molar-refractivity contribution in [2.75, 3.05) is 31.2 Å². The molecule has 0 N–H and O–H groups in total. The van der Waals surface area contributed by atoms with E-state index in [1.807, 2.05) is 12.1 Å². The minimum absolute atomic E-state index is 0.504. The zero-order valence-corrected chi connectivity index (χ0v) is 10.3. The summed E-state index contributed by atoms with van der Waals surface area (Å²) in [6, 6.07) is 1.84. The molecule has 4 nitrogen and oxygen atoms in total. The summed E-state index contributed by atoms with van der Waals surface area (Å²) in [6.45, 7) is 3.34. The van der Waals surface area contributed by atoms with E-state index in [-0.39, 0.29) is 0 Å². The Morgan fingerprint density at radius 3 is 2.76 bits per heavy atom. The number of aromatic nitrogens is 2. The predicted molar refractivity (Wildman–Crippen MR) is 67.3 cm³/mol. The standard InChI is InChI=1S/C12H14ClN3O/c13-10-7-11(16-4-1-2-5-16)15-12(14-10)9-3-6-17-8-9/h3,7H,1-2,4-6,8H2. The van der Waals surface area contributed by atoms with Crippen LogP contribution in [0.5, 0.6) is 0 Å². The molecule has 90 valence electrons. The van der Waals surface area contributed by atoms with Crippen molar-refractivity contribution < 1.29 is 4.74 Å². The average molecular weight is 252 g/mol. The van der Waals surface area contributed by atoms with Gasteiger partial charge < -0.3 is 9.64 Å². The van der Waals surface area contributed by atoms with Gasteiger partial charge in [0.05, 0.1) is 13.2 Å². The molecule has 0 aliphatic carbocycles. The van der Waals surface area contributed by atoms with E-state index >= 15 is 0 Å². The first-order valence-corrected chi connectivity index (χ1v) is 6.27. The summed E-state index contributed by atoms with van der Waals surface area (Å²) >= 11 is 6.06. The van der Waals surface area contributed by atoms with Gasteiger partial charge in [-0.25, -0.2) is 9.97 Å². The maximum atomic E-state index is 6.06. The fourth-order valence-corrected chi connectivity index (χ4v) is 2.38. The number of rotatable bonds is 2. The molecule has 1 fully saturated rings. The Morgan fingerprint density at radius 1 is 1.24 bits per heavy atom. The molecule has 0 aromatic carbocycles. The summed E-state index contributed by atoms with van der Waals surface area (Å²) in [6.07, 6.45) is 4.46. The number of hydrogen-bond donors (Lipinski definition) is 0. The Morgan fingerprint density at radius 2 is 2.06 bits per heavy atom. The monoisotopic (exact) mass is 251 g/mol. The number of nitrogens with zero attached hydrogens (tertiary/aromatic N) is 3. The third-order valence-corrected chi connectivity index (χ3v) is 3.30. The van der Waals surface area contributed by atoms with Gasteiger partial charge in [-0.3, -0.25) is 0 Å². The highest BCUT2D eigenvalue weighted by atomic mass is 35.5. The van der Waals surface area contributed by atoms with E-state index in [2.05, 4.69) is 14.9 Å². The molecule has 0 saturated carbocycles. The lowest BCUT2D eigenvalue weighted by Crippen LogP contribution is -2.19. The van der Waals surface area contributed by atoms with E-state index in [1.54, 1.807) is 0 Å². The molecule has 2 aliphatic heterocycles. The summed E-state index contributed by atoms with van der Waals surface area (Å²) in [7, 11) is 0. The van der Waals surface area contributed by atoms with Crippen LogP contribution in [0.1, 0.15) is 18.7 Å². The average Bonchev–Trinajstić information content (AvgIpc) is 3.02. The Kier molecular flexibility index (Phi) is 2.99. The van der Waals surface area contributed by atoms with Gasteiger partial charge in [0.2, 0.25) is 0 Å². The molecule has 2 aliphatic rings. The van der Waals surface area contributed by atoms with Crippen LogP contribution in [0.4, 0.5) is 5.82 Å². The van der Waals surface area contributed by atoms with Gasteiger partial charge in [-0.05, 0) is 18.9 Å². The predicted octanol–water partition coefficient (Wildman–Crippen LogP) is 2.14. The van der Waals surface area contributed by atoms with E-state index in [9.17, 15) is 0 Å². The maximum absolute atomic E-state index is 6.06. The Labute approximate surface area is 105 Å². The summed E-state index contributed by atoms with van der Waals surface area (Å²) in [5.41, 5.74) is 1.04. The lowest BCUT2D eigenvalue weighted by Gasteiger charge is -2.17. The molecule has 0 spiro atoms. The van der Waals surface area contributed by atoms with Crippen molar-refractivity contribution in [3.63, 3.8) is 0 Å².